The summed E-state index contributed by atoms with van der Waals surface area (Å²) >= 11 is 0. The molecule has 0 saturated carbocycles. The van der Waals surface area contributed by atoms with E-state index < -0.39 is 29.5 Å². The summed E-state index contributed by atoms with van der Waals surface area (Å²) in [5.41, 5.74) is 5.44. The van der Waals surface area contributed by atoms with E-state index in [4.69, 9.17) is 10.8 Å². The highest BCUT2D eigenvalue weighted by molar-refractivity contribution is 5.85. The van der Waals surface area contributed by atoms with Crippen molar-refractivity contribution in [2.75, 3.05) is 0 Å². The monoisotopic (exact) mass is 294 g/mol. The smallest absolute Gasteiger partial charge is 0.320 e. The van der Waals surface area contributed by atoms with Gasteiger partial charge in [-0.3, -0.25) is 4.79 Å². The van der Waals surface area contributed by atoms with E-state index in [2.05, 4.69) is 4.98 Å². The zero-order valence-corrected chi connectivity index (χ0v) is 10.2. The van der Waals surface area contributed by atoms with Crippen molar-refractivity contribution in [1.82, 2.24) is 4.98 Å². The molecule has 4 N–H and O–H groups in total. The van der Waals surface area contributed by atoms with E-state index in [-0.39, 0.29) is 29.7 Å². The number of benzene rings is 1. The highest BCUT2D eigenvalue weighted by Crippen LogP contribution is 2.25. The van der Waals surface area contributed by atoms with Crippen LogP contribution in [-0.2, 0) is 11.2 Å². The highest BCUT2D eigenvalue weighted by Gasteiger charge is 2.19. The predicted octanol–water partition coefficient (Wildman–Crippen LogP) is 1.96. The fraction of sp³-hybridized carbons (Fsp3) is 0.182. The van der Waals surface area contributed by atoms with E-state index in [1.807, 2.05) is 0 Å². The zero-order valence-electron chi connectivity index (χ0n) is 9.41. The second kappa shape index (κ2) is 5.50. The summed E-state index contributed by atoms with van der Waals surface area (Å²) in [4.78, 5) is 13.0. The first-order chi connectivity index (χ1) is 8.41. The lowest BCUT2D eigenvalue weighted by molar-refractivity contribution is -0.138. The molecule has 0 unspecified atom stereocenters. The molecule has 8 heteroatoms. The van der Waals surface area contributed by atoms with Crippen molar-refractivity contribution in [2.45, 2.75) is 12.5 Å². The van der Waals surface area contributed by atoms with E-state index in [0.717, 1.165) is 6.07 Å². The molecular formula is C11H10ClF3N2O2. The zero-order chi connectivity index (χ0) is 13.4. The van der Waals surface area contributed by atoms with Crippen LogP contribution < -0.4 is 5.73 Å². The number of hydrogen-bond acceptors (Lipinski definition) is 2. The number of carbonyl (C=O) groups is 1. The van der Waals surface area contributed by atoms with Crippen LogP contribution in [0.2, 0.25) is 0 Å². The Morgan fingerprint density at radius 2 is 2.00 bits per heavy atom. The van der Waals surface area contributed by atoms with Crippen LogP contribution in [0.15, 0.2) is 12.3 Å². The van der Waals surface area contributed by atoms with Gasteiger partial charge in [0.15, 0.2) is 17.5 Å². The van der Waals surface area contributed by atoms with Gasteiger partial charge in [-0.25, -0.2) is 13.2 Å². The maximum absolute atomic E-state index is 13.4. The van der Waals surface area contributed by atoms with Gasteiger partial charge in [-0.1, -0.05) is 0 Å². The molecule has 2 aromatic rings. The number of fused-ring (bicyclic) bond motifs is 1. The Balaban J connectivity index is 0.00000180. The van der Waals surface area contributed by atoms with Gasteiger partial charge < -0.3 is 15.8 Å². The quantitative estimate of drug-likeness (QED) is 0.757. The molecule has 0 fully saturated rings. The molecule has 1 heterocycles. The average molecular weight is 295 g/mol. The van der Waals surface area contributed by atoms with Crippen LogP contribution >= 0.6 is 12.4 Å². The number of H-pyrrole nitrogens is 1. The Bertz CT molecular complexity index is 630. The lowest BCUT2D eigenvalue weighted by atomic mass is 10.1. The maximum atomic E-state index is 13.4. The second-order valence-corrected chi connectivity index (χ2v) is 3.87. The number of rotatable bonds is 3. The van der Waals surface area contributed by atoms with E-state index >= 15 is 0 Å². The number of carboxylic acids is 1. The number of aromatic amines is 1. The molecule has 0 aliphatic carbocycles. The number of nitrogens with two attached hydrogens (primary N) is 1. The van der Waals surface area contributed by atoms with E-state index in [1.54, 1.807) is 0 Å². The van der Waals surface area contributed by atoms with Gasteiger partial charge in [0.1, 0.15) is 6.04 Å². The molecule has 2 rings (SSSR count). The number of carboxylic acid groups (broad SMARTS) is 1. The molecule has 0 amide bonds. The van der Waals surface area contributed by atoms with Crippen LogP contribution in [-0.4, -0.2) is 22.1 Å². The van der Waals surface area contributed by atoms with Gasteiger partial charge in [0, 0.05) is 18.0 Å². The van der Waals surface area contributed by atoms with Crippen molar-refractivity contribution in [1.29, 1.82) is 0 Å². The molecule has 1 aromatic carbocycles. The normalized spacial score (nSPS) is 12.2. The molecule has 1 atom stereocenters. The summed E-state index contributed by atoms with van der Waals surface area (Å²) in [5.74, 6) is -5.46. The lowest BCUT2D eigenvalue weighted by Gasteiger charge is -2.05. The first-order valence-corrected chi connectivity index (χ1v) is 5.03. The molecule has 1 aromatic heterocycles. The number of halogens is 4. The van der Waals surface area contributed by atoms with Crippen LogP contribution in [0.25, 0.3) is 10.9 Å². The molecule has 104 valence electrons. The average Bonchev–Trinajstić information content (AvgIpc) is 2.69. The second-order valence-electron chi connectivity index (χ2n) is 3.87. The van der Waals surface area contributed by atoms with Gasteiger partial charge in [0.25, 0.3) is 0 Å². The summed E-state index contributed by atoms with van der Waals surface area (Å²) in [5, 5.41) is 8.75. The lowest BCUT2D eigenvalue weighted by Crippen LogP contribution is -2.32. The van der Waals surface area contributed by atoms with Gasteiger partial charge in [-0.2, -0.15) is 0 Å². The van der Waals surface area contributed by atoms with Crippen molar-refractivity contribution in [3.8, 4) is 0 Å². The maximum Gasteiger partial charge on any atom is 0.320 e. The van der Waals surface area contributed by atoms with Gasteiger partial charge in [-0.05, 0) is 11.6 Å². The van der Waals surface area contributed by atoms with E-state index in [1.165, 1.54) is 6.20 Å². The molecule has 0 saturated heterocycles. The van der Waals surface area contributed by atoms with Gasteiger partial charge in [-0.15, -0.1) is 12.4 Å². The Hall–Kier alpha value is -1.73. The molecular weight excluding hydrogens is 285 g/mol. The minimum atomic E-state index is -1.57. The number of nitrogens with one attached hydrogen (secondary N) is 1. The largest absolute Gasteiger partial charge is 0.480 e. The van der Waals surface area contributed by atoms with Crippen LogP contribution in [0, 0.1) is 17.5 Å². The number of hydrogen-bond donors (Lipinski definition) is 3. The Labute approximate surface area is 111 Å². The topological polar surface area (TPSA) is 79.1 Å². The van der Waals surface area contributed by atoms with Gasteiger partial charge in [0.05, 0.1) is 5.52 Å². The molecule has 0 spiro atoms. The first kappa shape index (κ1) is 15.3. The number of aliphatic carboxylic acids is 1. The fourth-order valence-electron chi connectivity index (χ4n) is 1.72. The first-order valence-electron chi connectivity index (χ1n) is 5.03. The summed E-state index contributed by atoms with van der Waals surface area (Å²) < 4.78 is 39.4. The summed E-state index contributed by atoms with van der Waals surface area (Å²) in [7, 11) is 0. The minimum Gasteiger partial charge on any atom is -0.480 e. The third-order valence-electron chi connectivity index (χ3n) is 2.66. The van der Waals surface area contributed by atoms with Crippen LogP contribution in [0.4, 0.5) is 13.2 Å². The van der Waals surface area contributed by atoms with Crippen LogP contribution in [0.1, 0.15) is 5.56 Å². The fourth-order valence-corrected chi connectivity index (χ4v) is 1.72. The van der Waals surface area contributed by atoms with Crippen LogP contribution in [0.3, 0.4) is 0 Å². The van der Waals surface area contributed by atoms with E-state index in [0.29, 0.717) is 5.56 Å². The molecule has 19 heavy (non-hydrogen) atoms. The van der Waals surface area contributed by atoms with Crippen molar-refractivity contribution in [3.05, 3.63) is 35.3 Å². The minimum absolute atomic E-state index is 0. The molecule has 0 aliphatic rings. The standard InChI is InChI=1S/C11H9F3N2O2.ClH/c12-6-2-5-4(1-7(15)11(17)18)3-16-10(5)9(14)8(6)13;/h2-3,7,16H,1,15H2,(H,17,18);1H/t7-;/m1./s1. The Morgan fingerprint density at radius 3 is 2.58 bits per heavy atom. The molecule has 4 nitrogen and oxygen atoms in total. The summed E-state index contributed by atoms with van der Waals surface area (Å²) in [6.45, 7) is 0. The number of aromatic nitrogens is 1. The highest BCUT2D eigenvalue weighted by atomic mass is 35.5. The Morgan fingerprint density at radius 1 is 1.37 bits per heavy atom. The van der Waals surface area contributed by atoms with E-state index in [9.17, 15) is 18.0 Å². The molecule has 0 radical (unpaired) electrons. The molecule has 0 aliphatic heterocycles. The predicted molar refractivity (Wildman–Crippen MR) is 64.7 cm³/mol. The van der Waals surface area contributed by atoms with Gasteiger partial charge in [0.2, 0.25) is 0 Å². The van der Waals surface area contributed by atoms with Crippen molar-refractivity contribution in [2.24, 2.45) is 5.73 Å². The van der Waals surface area contributed by atoms with Gasteiger partial charge >= 0.3 is 5.97 Å². The SMILES string of the molecule is Cl.N[C@H](Cc1c[nH]c2c(F)c(F)c(F)cc12)C(=O)O. The van der Waals surface area contributed by atoms with Crippen molar-refractivity contribution >= 4 is 29.3 Å². The van der Waals surface area contributed by atoms with Crippen LogP contribution in [0.5, 0.6) is 0 Å². The third kappa shape index (κ3) is 2.66. The van der Waals surface area contributed by atoms with Crippen molar-refractivity contribution < 1.29 is 23.1 Å². The molecule has 0 bridgehead atoms. The van der Waals surface area contributed by atoms with Crippen molar-refractivity contribution in [3.63, 3.8) is 0 Å². The summed E-state index contributed by atoms with van der Waals surface area (Å²) in [6.07, 6.45) is 1.18. The summed E-state index contributed by atoms with van der Waals surface area (Å²) in [6, 6.07) is -0.381. The Kier molecular flexibility index (Phi) is 4.43. The third-order valence-corrected chi connectivity index (χ3v) is 2.66.